The zero-order valence-electron chi connectivity index (χ0n) is 17.7. The number of piperidine rings is 1. The van der Waals surface area contributed by atoms with Gasteiger partial charge in [-0.2, -0.15) is 18.4 Å². The number of nitrogens with zero attached hydrogens (tertiary/aromatic N) is 2. The fourth-order valence-corrected chi connectivity index (χ4v) is 4.06. The minimum absolute atomic E-state index is 0.206. The van der Waals surface area contributed by atoms with E-state index in [-0.39, 0.29) is 18.9 Å². The zero-order valence-corrected chi connectivity index (χ0v) is 18.4. The van der Waals surface area contributed by atoms with Gasteiger partial charge in [0.2, 0.25) is 0 Å². The minimum Gasteiger partial charge on any atom is -0.483 e. The van der Waals surface area contributed by atoms with Gasteiger partial charge in [0.05, 0.1) is 22.1 Å². The molecule has 6 nitrogen and oxygen atoms in total. The summed E-state index contributed by atoms with van der Waals surface area (Å²) in [5.74, 6) is -3.13. The van der Waals surface area contributed by atoms with Gasteiger partial charge in [-0.25, -0.2) is 9.18 Å². The number of alkyl halides is 3. The number of carboxylic acids is 1. The Labute approximate surface area is 197 Å². The van der Waals surface area contributed by atoms with Crippen LogP contribution < -0.4 is 4.74 Å². The molecular formula is C23H19ClF4N2O4. The first kappa shape index (κ1) is 25.3. The third kappa shape index (κ3) is 5.78. The molecule has 2 aromatic carbocycles. The summed E-state index contributed by atoms with van der Waals surface area (Å²) in [5, 5.41) is 18.2. The number of nitriles is 1. The highest BCUT2D eigenvalue weighted by Crippen LogP contribution is 2.39. The monoisotopic (exact) mass is 498 g/mol. The third-order valence-corrected chi connectivity index (χ3v) is 6.04. The van der Waals surface area contributed by atoms with Crippen LogP contribution in [-0.4, -0.2) is 41.6 Å². The summed E-state index contributed by atoms with van der Waals surface area (Å²) < 4.78 is 57.7. The summed E-state index contributed by atoms with van der Waals surface area (Å²) in [5.41, 5.74) is -1.84. The summed E-state index contributed by atoms with van der Waals surface area (Å²) in [4.78, 5) is 25.4. The molecule has 1 heterocycles. The SMILES string of the molecule is N#CC1(Cc2ccc(F)cc2)CCN(C(=O)COc2cc(C(F)(F)F)c(Cl)cc2C(=O)O)CC1. The van der Waals surface area contributed by atoms with E-state index in [0.29, 0.717) is 31.4 Å². The molecule has 1 aliphatic rings. The average Bonchev–Trinajstić information content (AvgIpc) is 2.79. The van der Waals surface area contributed by atoms with Gasteiger partial charge in [-0.1, -0.05) is 23.7 Å². The number of halogens is 5. The van der Waals surface area contributed by atoms with E-state index in [4.69, 9.17) is 16.3 Å². The lowest BCUT2D eigenvalue weighted by molar-refractivity contribution is -0.137. The Morgan fingerprint density at radius 3 is 2.32 bits per heavy atom. The van der Waals surface area contributed by atoms with Crippen molar-refractivity contribution >= 4 is 23.5 Å². The number of rotatable bonds is 6. The van der Waals surface area contributed by atoms with Gasteiger partial charge in [-0.05, 0) is 49.1 Å². The average molecular weight is 499 g/mol. The number of amides is 1. The van der Waals surface area contributed by atoms with E-state index < -0.39 is 52.0 Å². The number of carbonyl (C=O) groups is 2. The molecule has 2 aromatic rings. The summed E-state index contributed by atoms with van der Waals surface area (Å²) in [7, 11) is 0. The van der Waals surface area contributed by atoms with Crippen molar-refractivity contribution < 1.29 is 37.0 Å². The first-order chi connectivity index (χ1) is 15.9. The fraction of sp³-hybridized carbons (Fsp3) is 0.348. The van der Waals surface area contributed by atoms with Crippen molar-refractivity contribution in [2.24, 2.45) is 5.41 Å². The molecule has 0 unspecified atom stereocenters. The van der Waals surface area contributed by atoms with Crippen LogP contribution in [0.2, 0.25) is 5.02 Å². The van der Waals surface area contributed by atoms with Crippen LogP contribution in [0.15, 0.2) is 36.4 Å². The van der Waals surface area contributed by atoms with E-state index in [2.05, 4.69) is 6.07 Å². The van der Waals surface area contributed by atoms with Crippen molar-refractivity contribution in [1.82, 2.24) is 4.90 Å². The van der Waals surface area contributed by atoms with Gasteiger partial charge in [0.25, 0.3) is 5.91 Å². The number of hydrogen-bond acceptors (Lipinski definition) is 4. The Balaban J connectivity index is 1.66. The van der Waals surface area contributed by atoms with Crippen LogP contribution in [0.1, 0.15) is 34.3 Å². The summed E-state index contributed by atoms with van der Waals surface area (Å²) in [6.45, 7) is -0.273. The molecule has 0 bridgehead atoms. The third-order valence-electron chi connectivity index (χ3n) is 5.72. The number of carboxylic acid groups (broad SMARTS) is 1. The standard InChI is InChI=1S/C23H19ClF4N2O4/c24-18-9-16(21(32)33)19(10-17(18)23(26,27)28)34-12-20(31)30-7-5-22(13-29,6-8-30)11-14-1-3-15(25)4-2-14/h1-4,9-10H,5-8,11-12H2,(H,32,33). The molecular weight excluding hydrogens is 480 g/mol. The van der Waals surface area contributed by atoms with Crippen LogP contribution >= 0.6 is 11.6 Å². The maximum absolute atomic E-state index is 13.1. The summed E-state index contributed by atoms with van der Waals surface area (Å²) >= 11 is 5.56. The Kier molecular flexibility index (Phi) is 7.36. The number of hydrogen-bond donors (Lipinski definition) is 1. The predicted molar refractivity (Wildman–Crippen MR) is 113 cm³/mol. The molecule has 1 aliphatic heterocycles. The van der Waals surface area contributed by atoms with Crippen LogP contribution in [0.4, 0.5) is 17.6 Å². The lowest BCUT2D eigenvalue weighted by Crippen LogP contribution is -2.45. The first-order valence-corrected chi connectivity index (χ1v) is 10.5. The van der Waals surface area contributed by atoms with Crippen LogP contribution in [0.5, 0.6) is 5.75 Å². The van der Waals surface area contributed by atoms with Crippen LogP contribution in [0.25, 0.3) is 0 Å². The number of benzene rings is 2. The van der Waals surface area contributed by atoms with E-state index >= 15 is 0 Å². The molecule has 1 fully saturated rings. The molecule has 0 saturated carbocycles. The zero-order chi connectivity index (χ0) is 25.1. The van der Waals surface area contributed by atoms with E-state index in [0.717, 1.165) is 5.56 Å². The van der Waals surface area contributed by atoms with Gasteiger partial charge in [0.15, 0.2) is 6.61 Å². The fourth-order valence-electron chi connectivity index (χ4n) is 3.79. The van der Waals surface area contributed by atoms with Crippen LogP contribution in [-0.2, 0) is 17.4 Å². The largest absolute Gasteiger partial charge is 0.483 e. The van der Waals surface area contributed by atoms with E-state index in [1.807, 2.05) is 0 Å². The summed E-state index contributed by atoms with van der Waals surface area (Å²) in [6.07, 6.45) is -3.78. The number of carbonyl (C=O) groups excluding carboxylic acids is 1. The first-order valence-electron chi connectivity index (χ1n) is 10.1. The van der Waals surface area contributed by atoms with Crippen molar-refractivity contribution in [2.75, 3.05) is 19.7 Å². The number of aromatic carboxylic acids is 1. The highest BCUT2D eigenvalue weighted by atomic mass is 35.5. The normalized spacial score (nSPS) is 15.5. The number of likely N-dealkylation sites (tertiary alicyclic amines) is 1. The Morgan fingerprint density at radius 1 is 1.18 bits per heavy atom. The molecule has 0 radical (unpaired) electrons. The lowest BCUT2D eigenvalue weighted by Gasteiger charge is -2.37. The second-order valence-electron chi connectivity index (χ2n) is 8.00. The molecule has 0 aromatic heterocycles. The summed E-state index contributed by atoms with van der Waals surface area (Å²) in [6, 6.07) is 9.20. The predicted octanol–water partition coefficient (Wildman–Crippen LogP) is 4.95. The molecule has 11 heteroatoms. The minimum atomic E-state index is -4.84. The Morgan fingerprint density at radius 2 is 1.79 bits per heavy atom. The van der Waals surface area contributed by atoms with Gasteiger partial charge in [-0.15, -0.1) is 0 Å². The molecule has 0 aliphatic carbocycles. The van der Waals surface area contributed by atoms with Gasteiger partial charge >= 0.3 is 12.1 Å². The second kappa shape index (κ2) is 9.89. The smallest absolute Gasteiger partial charge is 0.417 e. The van der Waals surface area contributed by atoms with Crippen molar-refractivity contribution in [3.8, 4) is 11.8 Å². The molecule has 1 amide bonds. The van der Waals surface area contributed by atoms with Crippen molar-refractivity contribution in [2.45, 2.75) is 25.4 Å². The number of ether oxygens (including phenoxy) is 1. The lowest BCUT2D eigenvalue weighted by atomic mass is 9.75. The van der Waals surface area contributed by atoms with E-state index in [1.54, 1.807) is 12.1 Å². The van der Waals surface area contributed by atoms with Crippen LogP contribution in [0.3, 0.4) is 0 Å². The van der Waals surface area contributed by atoms with Crippen molar-refractivity contribution in [1.29, 1.82) is 5.26 Å². The van der Waals surface area contributed by atoms with Crippen molar-refractivity contribution in [3.05, 3.63) is 63.9 Å². The van der Waals surface area contributed by atoms with Gasteiger partial charge in [0.1, 0.15) is 17.1 Å². The van der Waals surface area contributed by atoms with E-state index in [9.17, 15) is 37.5 Å². The maximum Gasteiger partial charge on any atom is 0.417 e. The van der Waals surface area contributed by atoms with Gasteiger partial charge < -0.3 is 14.7 Å². The van der Waals surface area contributed by atoms with Gasteiger partial charge in [-0.3, -0.25) is 4.79 Å². The molecule has 1 saturated heterocycles. The molecule has 3 rings (SSSR count). The molecule has 0 atom stereocenters. The van der Waals surface area contributed by atoms with E-state index in [1.165, 1.54) is 17.0 Å². The highest BCUT2D eigenvalue weighted by molar-refractivity contribution is 6.31. The highest BCUT2D eigenvalue weighted by Gasteiger charge is 2.37. The van der Waals surface area contributed by atoms with Crippen LogP contribution in [0, 0.1) is 22.6 Å². The molecule has 1 N–H and O–H groups in total. The Bertz CT molecular complexity index is 1120. The topological polar surface area (TPSA) is 90.6 Å². The maximum atomic E-state index is 13.1. The molecule has 34 heavy (non-hydrogen) atoms. The Hall–Kier alpha value is -3.32. The molecule has 0 spiro atoms. The van der Waals surface area contributed by atoms with Crippen molar-refractivity contribution in [3.63, 3.8) is 0 Å². The molecule has 180 valence electrons. The quantitative estimate of drug-likeness (QED) is 0.569. The second-order valence-corrected chi connectivity index (χ2v) is 8.40. The van der Waals surface area contributed by atoms with Gasteiger partial charge in [0, 0.05) is 13.1 Å².